The van der Waals surface area contributed by atoms with Crippen LogP contribution in [-0.4, -0.2) is 41.1 Å². The van der Waals surface area contributed by atoms with E-state index in [1.165, 1.54) is 0 Å². The van der Waals surface area contributed by atoms with E-state index in [1.54, 1.807) is 0 Å². The van der Waals surface area contributed by atoms with Crippen LogP contribution in [-0.2, 0) is 0 Å². The van der Waals surface area contributed by atoms with Crippen molar-refractivity contribution in [2.24, 2.45) is 0 Å². The van der Waals surface area contributed by atoms with Crippen LogP contribution in [0.15, 0.2) is 48.8 Å². The van der Waals surface area contributed by atoms with Gasteiger partial charge in [0, 0.05) is 42.8 Å². The maximum atomic E-state index is 12.7. The van der Waals surface area contributed by atoms with Gasteiger partial charge in [0.1, 0.15) is 0 Å². The maximum absolute atomic E-state index is 12.7. The van der Waals surface area contributed by atoms with Crippen LogP contribution in [0.4, 0.5) is 0 Å². The lowest BCUT2D eigenvalue weighted by Gasteiger charge is -2.27. The summed E-state index contributed by atoms with van der Waals surface area (Å²) in [6, 6.07) is 12.1. The fraction of sp³-hybridized carbons (Fsp3) is 0.353. The zero-order chi connectivity index (χ0) is 14.7. The third kappa shape index (κ3) is 2.85. The Kier molecular flexibility index (Phi) is 4.06. The number of likely N-dealkylation sites (N-methyl/N-ethyl adjacent to an activating group) is 1. The van der Waals surface area contributed by atoms with Gasteiger partial charge in [0.25, 0.3) is 5.91 Å². The molecule has 0 bridgehead atoms. The number of aromatic nitrogens is 1. The van der Waals surface area contributed by atoms with Gasteiger partial charge in [0.05, 0.1) is 0 Å². The Hall–Kier alpha value is -2.07. The fourth-order valence-corrected chi connectivity index (χ4v) is 2.92. The van der Waals surface area contributed by atoms with Gasteiger partial charge in [-0.15, -0.1) is 0 Å². The third-order valence-corrected chi connectivity index (χ3v) is 4.09. The molecule has 1 atom stereocenters. The highest BCUT2D eigenvalue weighted by molar-refractivity contribution is 5.94. The number of carbonyl (C=O) groups excluding carboxylic acids is 1. The number of amides is 1. The maximum Gasteiger partial charge on any atom is 0.254 e. The van der Waals surface area contributed by atoms with Crippen molar-refractivity contribution in [2.45, 2.75) is 19.4 Å². The van der Waals surface area contributed by atoms with E-state index in [2.05, 4.69) is 5.32 Å². The van der Waals surface area contributed by atoms with E-state index in [0.717, 1.165) is 37.3 Å². The molecule has 1 saturated heterocycles. The molecule has 4 nitrogen and oxygen atoms in total. The first-order valence-corrected chi connectivity index (χ1v) is 7.54. The quantitative estimate of drug-likeness (QED) is 0.935. The van der Waals surface area contributed by atoms with Crippen LogP contribution in [0.3, 0.4) is 0 Å². The largest absolute Gasteiger partial charge is 0.335 e. The summed E-state index contributed by atoms with van der Waals surface area (Å²) < 4.78 is 2.03. The zero-order valence-electron chi connectivity index (χ0n) is 12.3. The van der Waals surface area contributed by atoms with Crippen LogP contribution in [0, 0.1) is 0 Å². The lowest BCUT2D eigenvalue weighted by molar-refractivity contribution is 0.0704. The van der Waals surface area contributed by atoms with Gasteiger partial charge in [0.15, 0.2) is 0 Å². The summed E-state index contributed by atoms with van der Waals surface area (Å²) in [5.74, 6) is 0.130. The Bertz CT molecular complexity index is 583. The second kappa shape index (κ2) is 6.14. The first-order valence-electron chi connectivity index (χ1n) is 7.54. The molecule has 1 aromatic carbocycles. The molecule has 1 aliphatic heterocycles. The molecule has 4 heteroatoms. The second-order valence-corrected chi connectivity index (χ2v) is 5.37. The molecule has 110 valence electrons. The number of benzene rings is 1. The number of nitrogens with zero attached hydrogens (tertiary/aromatic N) is 2. The third-order valence-electron chi connectivity index (χ3n) is 4.09. The van der Waals surface area contributed by atoms with E-state index in [0.29, 0.717) is 6.04 Å². The van der Waals surface area contributed by atoms with Crippen molar-refractivity contribution in [2.75, 3.05) is 19.6 Å². The average molecular weight is 283 g/mol. The molecule has 21 heavy (non-hydrogen) atoms. The molecule has 1 unspecified atom stereocenters. The van der Waals surface area contributed by atoms with Crippen LogP contribution in [0.25, 0.3) is 5.69 Å². The first-order chi connectivity index (χ1) is 10.3. The molecule has 1 N–H and O–H groups in total. The van der Waals surface area contributed by atoms with Gasteiger partial charge in [-0.2, -0.15) is 0 Å². The van der Waals surface area contributed by atoms with E-state index >= 15 is 0 Å². The first kappa shape index (κ1) is 13.9. The number of rotatable bonds is 4. The van der Waals surface area contributed by atoms with Crippen molar-refractivity contribution in [3.05, 3.63) is 54.4 Å². The number of nitrogens with one attached hydrogen (secondary N) is 1. The van der Waals surface area contributed by atoms with Gasteiger partial charge in [-0.1, -0.05) is 0 Å². The number of carbonyl (C=O) groups is 1. The van der Waals surface area contributed by atoms with Gasteiger partial charge in [-0.05, 0) is 56.3 Å². The Morgan fingerprint density at radius 3 is 2.57 bits per heavy atom. The van der Waals surface area contributed by atoms with Gasteiger partial charge < -0.3 is 14.8 Å². The predicted molar refractivity (Wildman–Crippen MR) is 83.8 cm³/mol. The van der Waals surface area contributed by atoms with Crippen LogP contribution in [0.1, 0.15) is 23.7 Å². The van der Waals surface area contributed by atoms with Crippen molar-refractivity contribution in [3.63, 3.8) is 0 Å². The zero-order valence-corrected chi connectivity index (χ0v) is 12.3. The molecule has 2 aromatic rings. The standard InChI is InChI=1S/C17H21N3O/c1-2-20(16-9-10-18-13-16)17(21)14-5-7-15(8-6-14)19-11-3-4-12-19/h3-8,11-12,16,18H,2,9-10,13H2,1H3. The molecule has 0 spiro atoms. The molecule has 0 aliphatic carbocycles. The Morgan fingerprint density at radius 2 is 2.00 bits per heavy atom. The van der Waals surface area contributed by atoms with Gasteiger partial charge in [-0.3, -0.25) is 4.79 Å². The minimum absolute atomic E-state index is 0.130. The molecule has 1 fully saturated rings. The van der Waals surface area contributed by atoms with Crippen LogP contribution < -0.4 is 5.32 Å². The normalized spacial score (nSPS) is 17.9. The summed E-state index contributed by atoms with van der Waals surface area (Å²) in [5, 5.41) is 3.32. The monoisotopic (exact) mass is 283 g/mol. The Morgan fingerprint density at radius 1 is 1.29 bits per heavy atom. The minimum atomic E-state index is 0.130. The topological polar surface area (TPSA) is 37.3 Å². The van der Waals surface area contributed by atoms with E-state index in [9.17, 15) is 4.79 Å². The molecular weight excluding hydrogens is 262 g/mol. The molecule has 1 aromatic heterocycles. The lowest BCUT2D eigenvalue weighted by atomic mass is 10.1. The summed E-state index contributed by atoms with van der Waals surface area (Å²) in [6.45, 7) is 4.71. The fourth-order valence-electron chi connectivity index (χ4n) is 2.92. The predicted octanol–water partition coefficient (Wildman–Crippen LogP) is 2.30. The van der Waals surface area contributed by atoms with E-state index in [1.807, 2.05) is 65.2 Å². The molecular formula is C17H21N3O. The molecule has 1 amide bonds. The number of hydrogen-bond donors (Lipinski definition) is 1. The minimum Gasteiger partial charge on any atom is -0.335 e. The van der Waals surface area contributed by atoms with Crippen molar-refractivity contribution < 1.29 is 4.79 Å². The molecule has 2 heterocycles. The highest BCUT2D eigenvalue weighted by Gasteiger charge is 2.25. The van der Waals surface area contributed by atoms with Crippen molar-refractivity contribution in [1.29, 1.82) is 0 Å². The van der Waals surface area contributed by atoms with E-state index in [-0.39, 0.29) is 5.91 Å². The summed E-state index contributed by atoms with van der Waals surface area (Å²) in [5.41, 5.74) is 1.83. The average Bonchev–Trinajstić information content (AvgIpc) is 3.22. The summed E-state index contributed by atoms with van der Waals surface area (Å²) in [7, 11) is 0. The lowest BCUT2D eigenvalue weighted by Crippen LogP contribution is -2.41. The van der Waals surface area contributed by atoms with E-state index < -0.39 is 0 Å². The smallest absolute Gasteiger partial charge is 0.254 e. The summed E-state index contributed by atoms with van der Waals surface area (Å²) >= 11 is 0. The highest BCUT2D eigenvalue weighted by atomic mass is 16.2. The summed E-state index contributed by atoms with van der Waals surface area (Å²) in [6.07, 6.45) is 5.04. The molecule has 3 rings (SSSR count). The van der Waals surface area contributed by atoms with Crippen LogP contribution >= 0.6 is 0 Å². The van der Waals surface area contributed by atoms with Crippen LogP contribution in [0.5, 0.6) is 0 Å². The van der Waals surface area contributed by atoms with Gasteiger partial charge in [0.2, 0.25) is 0 Å². The molecule has 0 radical (unpaired) electrons. The Labute approximate surface area is 125 Å². The number of hydrogen-bond acceptors (Lipinski definition) is 2. The molecule has 0 saturated carbocycles. The second-order valence-electron chi connectivity index (χ2n) is 5.37. The summed E-state index contributed by atoms with van der Waals surface area (Å²) in [4.78, 5) is 14.6. The van der Waals surface area contributed by atoms with Crippen molar-refractivity contribution in [3.8, 4) is 5.69 Å². The van der Waals surface area contributed by atoms with Gasteiger partial charge in [-0.25, -0.2) is 0 Å². The van der Waals surface area contributed by atoms with Gasteiger partial charge >= 0.3 is 0 Å². The van der Waals surface area contributed by atoms with Crippen molar-refractivity contribution in [1.82, 2.24) is 14.8 Å². The molecule has 1 aliphatic rings. The van der Waals surface area contributed by atoms with Crippen LogP contribution in [0.2, 0.25) is 0 Å². The SMILES string of the molecule is CCN(C(=O)c1ccc(-n2cccc2)cc1)C1CCNC1. The van der Waals surface area contributed by atoms with E-state index in [4.69, 9.17) is 0 Å². The highest BCUT2D eigenvalue weighted by Crippen LogP contribution is 2.15. The van der Waals surface area contributed by atoms with Crippen molar-refractivity contribution >= 4 is 5.91 Å². The Balaban J connectivity index is 1.77.